The molecule has 0 spiro atoms. The minimum absolute atomic E-state index is 0.0614. The van der Waals surface area contributed by atoms with E-state index in [0.29, 0.717) is 22.6 Å². The summed E-state index contributed by atoms with van der Waals surface area (Å²) in [6, 6.07) is 19.4. The standard InChI is InChI=1S/C27H25NO4/c1-16-8-10-19(11-9-16)25(29)23-24(20-6-5-7-22(15-20)32-4)28(27(31)26(23)30)21-13-17(2)12-18(3)14-21/h5-15,24,29H,1-4H3/b25-23+. The van der Waals surface area contributed by atoms with Crippen molar-refractivity contribution < 1.29 is 19.4 Å². The number of carbonyl (C=O) groups is 2. The van der Waals surface area contributed by atoms with Gasteiger partial charge in [-0.2, -0.15) is 0 Å². The average molecular weight is 428 g/mol. The summed E-state index contributed by atoms with van der Waals surface area (Å²) in [4.78, 5) is 28.0. The van der Waals surface area contributed by atoms with Crippen LogP contribution in [0.5, 0.6) is 5.75 Å². The van der Waals surface area contributed by atoms with Crippen LogP contribution >= 0.6 is 0 Å². The Hall–Kier alpha value is -3.86. The van der Waals surface area contributed by atoms with Gasteiger partial charge in [-0.1, -0.05) is 48.0 Å². The predicted octanol–water partition coefficient (Wildman–Crippen LogP) is 5.25. The Morgan fingerprint density at radius 3 is 2.16 bits per heavy atom. The lowest BCUT2D eigenvalue weighted by atomic mass is 9.94. The Kier molecular flexibility index (Phi) is 5.57. The molecule has 1 N–H and O–H groups in total. The molecule has 1 atom stereocenters. The second kappa shape index (κ2) is 8.35. The van der Waals surface area contributed by atoms with Crippen molar-refractivity contribution in [2.45, 2.75) is 26.8 Å². The van der Waals surface area contributed by atoms with E-state index in [4.69, 9.17) is 4.74 Å². The zero-order valence-electron chi connectivity index (χ0n) is 18.5. The van der Waals surface area contributed by atoms with Crippen molar-refractivity contribution in [1.82, 2.24) is 0 Å². The van der Waals surface area contributed by atoms with Gasteiger partial charge in [0.25, 0.3) is 11.7 Å². The summed E-state index contributed by atoms with van der Waals surface area (Å²) >= 11 is 0. The minimum atomic E-state index is -0.785. The van der Waals surface area contributed by atoms with E-state index < -0.39 is 17.7 Å². The average Bonchev–Trinajstić information content (AvgIpc) is 3.04. The molecule has 0 bridgehead atoms. The van der Waals surface area contributed by atoms with Crippen LogP contribution in [-0.4, -0.2) is 23.9 Å². The Morgan fingerprint density at radius 2 is 1.53 bits per heavy atom. The van der Waals surface area contributed by atoms with Crippen LogP contribution in [0.3, 0.4) is 0 Å². The Balaban J connectivity index is 1.97. The first kappa shape index (κ1) is 21.4. The molecule has 1 aliphatic rings. The molecule has 1 unspecified atom stereocenters. The van der Waals surface area contributed by atoms with Gasteiger partial charge in [-0.25, -0.2) is 0 Å². The van der Waals surface area contributed by atoms with Crippen LogP contribution in [0.15, 0.2) is 72.3 Å². The van der Waals surface area contributed by atoms with Crippen molar-refractivity contribution in [3.63, 3.8) is 0 Å². The lowest BCUT2D eigenvalue weighted by Gasteiger charge is -2.26. The van der Waals surface area contributed by atoms with Crippen LogP contribution in [0.2, 0.25) is 0 Å². The first-order chi connectivity index (χ1) is 15.3. The highest BCUT2D eigenvalue weighted by Crippen LogP contribution is 2.43. The van der Waals surface area contributed by atoms with Gasteiger partial charge < -0.3 is 9.84 Å². The molecular formula is C27H25NO4. The fourth-order valence-corrected chi connectivity index (χ4v) is 4.18. The highest BCUT2D eigenvalue weighted by molar-refractivity contribution is 6.51. The number of hydrogen-bond donors (Lipinski definition) is 1. The molecule has 5 nitrogen and oxygen atoms in total. The number of carbonyl (C=O) groups excluding carboxylic acids is 2. The van der Waals surface area contributed by atoms with E-state index in [1.807, 2.05) is 63.2 Å². The van der Waals surface area contributed by atoms with Gasteiger partial charge in [0, 0.05) is 11.3 Å². The largest absolute Gasteiger partial charge is 0.507 e. The molecule has 1 heterocycles. The van der Waals surface area contributed by atoms with E-state index >= 15 is 0 Å². The maximum Gasteiger partial charge on any atom is 0.300 e. The molecule has 1 saturated heterocycles. The molecule has 1 amide bonds. The molecule has 0 radical (unpaired) electrons. The number of aliphatic hydroxyl groups excluding tert-OH is 1. The molecule has 3 aromatic rings. The van der Waals surface area contributed by atoms with Crippen LogP contribution in [-0.2, 0) is 9.59 Å². The first-order valence-corrected chi connectivity index (χ1v) is 10.4. The number of hydrogen-bond acceptors (Lipinski definition) is 4. The summed E-state index contributed by atoms with van der Waals surface area (Å²) in [6.45, 7) is 5.83. The van der Waals surface area contributed by atoms with Crippen LogP contribution in [0, 0.1) is 20.8 Å². The summed E-state index contributed by atoms with van der Waals surface area (Å²) in [5.74, 6) is -0.974. The summed E-state index contributed by atoms with van der Waals surface area (Å²) in [7, 11) is 1.56. The number of anilines is 1. The van der Waals surface area contributed by atoms with Gasteiger partial charge >= 0.3 is 0 Å². The van der Waals surface area contributed by atoms with Crippen molar-refractivity contribution in [3.05, 3.63) is 100 Å². The molecule has 0 aliphatic carbocycles. The van der Waals surface area contributed by atoms with Crippen molar-refractivity contribution >= 4 is 23.1 Å². The number of ketones is 1. The fraction of sp³-hybridized carbons (Fsp3) is 0.185. The van der Waals surface area contributed by atoms with E-state index in [9.17, 15) is 14.7 Å². The van der Waals surface area contributed by atoms with E-state index in [1.165, 1.54) is 4.90 Å². The molecule has 0 saturated carbocycles. The van der Waals surface area contributed by atoms with Gasteiger partial charge in [0.15, 0.2) is 0 Å². The Bertz CT molecular complexity index is 1220. The number of ether oxygens (including phenoxy) is 1. The van der Waals surface area contributed by atoms with Gasteiger partial charge in [-0.15, -0.1) is 0 Å². The number of methoxy groups -OCH3 is 1. The van der Waals surface area contributed by atoms with Gasteiger partial charge in [-0.3, -0.25) is 14.5 Å². The second-order valence-corrected chi connectivity index (χ2v) is 8.16. The van der Waals surface area contributed by atoms with Crippen LogP contribution in [0.1, 0.15) is 33.9 Å². The molecule has 0 aromatic heterocycles. The van der Waals surface area contributed by atoms with Gasteiger partial charge in [-0.05, 0) is 61.7 Å². The molecule has 4 rings (SSSR count). The third kappa shape index (κ3) is 3.78. The molecule has 1 fully saturated rings. The zero-order chi connectivity index (χ0) is 23.0. The third-order valence-electron chi connectivity index (χ3n) is 5.66. The van der Waals surface area contributed by atoms with E-state index in [-0.39, 0.29) is 11.3 Å². The van der Waals surface area contributed by atoms with E-state index in [2.05, 4.69) is 0 Å². The number of amides is 1. The molecule has 5 heteroatoms. The highest BCUT2D eigenvalue weighted by atomic mass is 16.5. The van der Waals surface area contributed by atoms with Crippen molar-refractivity contribution in [3.8, 4) is 5.75 Å². The number of aryl methyl sites for hydroxylation is 3. The minimum Gasteiger partial charge on any atom is -0.507 e. The summed E-state index contributed by atoms with van der Waals surface area (Å²) in [5.41, 5.74) is 4.82. The fourth-order valence-electron chi connectivity index (χ4n) is 4.18. The summed E-state index contributed by atoms with van der Waals surface area (Å²) < 4.78 is 5.37. The summed E-state index contributed by atoms with van der Waals surface area (Å²) in [6.07, 6.45) is 0. The SMILES string of the molecule is COc1cccc(C2/C(=C(\O)c3ccc(C)cc3)C(=O)C(=O)N2c2cc(C)cc(C)c2)c1. The van der Waals surface area contributed by atoms with Gasteiger partial charge in [0.2, 0.25) is 0 Å². The van der Waals surface area contributed by atoms with Crippen LogP contribution in [0.4, 0.5) is 5.69 Å². The lowest BCUT2D eigenvalue weighted by Crippen LogP contribution is -2.29. The number of nitrogens with zero attached hydrogens (tertiary/aromatic N) is 1. The van der Waals surface area contributed by atoms with Crippen LogP contribution in [0.25, 0.3) is 5.76 Å². The third-order valence-corrected chi connectivity index (χ3v) is 5.66. The maximum atomic E-state index is 13.3. The van der Waals surface area contributed by atoms with Gasteiger partial charge in [0.1, 0.15) is 11.5 Å². The second-order valence-electron chi connectivity index (χ2n) is 8.16. The molecule has 162 valence electrons. The Labute approximate surface area is 187 Å². The lowest BCUT2D eigenvalue weighted by molar-refractivity contribution is -0.132. The normalized spacial score (nSPS) is 17.6. The predicted molar refractivity (Wildman–Crippen MR) is 125 cm³/mol. The summed E-state index contributed by atoms with van der Waals surface area (Å²) in [5, 5.41) is 11.2. The van der Waals surface area contributed by atoms with E-state index in [0.717, 1.165) is 16.7 Å². The monoisotopic (exact) mass is 427 g/mol. The number of Topliss-reactive ketones (excluding diaryl/α,β-unsaturated/α-hetero) is 1. The zero-order valence-corrected chi connectivity index (χ0v) is 18.5. The van der Waals surface area contributed by atoms with Crippen molar-refractivity contribution in [2.75, 3.05) is 12.0 Å². The van der Waals surface area contributed by atoms with E-state index in [1.54, 1.807) is 31.4 Å². The van der Waals surface area contributed by atoms with Crippen molar-refractivity contribution in [2.24, 2.45) is 0 Å². The molecule has 1 aliphatic heterocycles. The van der Waals surface area contributed by atoms with Gasteiger partial charge in [0.05, 0.1) is 18.7 Å². The number of benzene rings is 3. The smallest absolute Gasteiger partial charge is 0.300 e. The number of aliphatic hydroxyl groups is 1. The maximum absolute atomic E-state index is 13.3. The number of rotatable bonds is 4. The first-order valence-electron chi connectivity index (χ1n) is 10.4. The highest BCUT2D eigenvalue weighted by Gasteiger charge is 2.47. The topological polar surface area (TPSA) is 66.8 Å². The molecule has 3 aromatic carbocycles. The molecule has 32 heavy (non-hydrogen) atoms. The van der Waals surface area contributed by atoms with Crippen molar-refractivity contribution in [1.29, 1.82) is 0 Å². The van der Waals surface area contributed by atoms with Crippen LogP contribution < -0.4 is 9.64 Å². The quantitative estimate of drug-likeness (QED) is 0.351. The Morgan fingerprint density at radius 1 is 0.875 bits per heavy atom. The molecular weight excluding hydrogens is 402 g/mol.